The maximum Gasteiger partial charge on any atom is 0.319 e. The number of rotatable bonds is 7. The summed E-state index contributed by atoms with van der Waals surface area (Å²) in [5.41, 5.74) is 4.11. The Labute approximate surface area is 165 Å². The number of ether oxygens (including phenoxy) is 2. The highest BCUT2D eigenvalue weighted by Crippen LogP contribution is 2.28. The average Bonchev–Trinajstić information content (AvgIpc) is 3.15. The molecule has 0 saturated heterocycles. The molecule has 0 spiro atoms. The molecule has 3 aromatic rings. The molecule has 2 amide bonds. The number of carbonyl (C=O) groups excluding carboxylic acids is 1. The molecule has 0 fully saturated rings. The zero-order valence-electron chi connectivity index (χ0n) is 16.4. The molecule has 0 aliphatic heterocycles. The fraction of sp³-hybridized carbons (Fsp3) is 0.227. The number of methoxy groups -OCH3 is 2. The Morgan fingerprint density at radius 3 is 2.61 bits per heavy atom. The lowest BCUT2D eigenvalue weighted by molar-refractivity contribution is 0.251. The van der Waals surface area contributed by atoms with Gasteiger partial charge in [0.15, 0.2) is 0 Å². The molecule has 6 heteroatoms. The largest absolute Gasteiger partial charge is 0.497 e. The SMILES string of the molecule is COc1ccc(NC(=O)NCc2cccn2Cc2ccccc2C)c(OC)c1. The number of hydrogen-bond acceptors (Lipinski definition) is 3. The minimum absolute atomic E-state index is 0.299. The van der Waals surface area contributed by atoms with Crippen molar-refractivity contribution in [3.05, 3.63) is 77.6 Å². The minimum atomic E-state index is -0.299. The summed E-state index contributed by atoms with van der Waals surface area (Å²) in [5.74, 6) is 1.20. The van der Waals surface area contributed by atoms with Crippen LogP contribution in [-0.2, 0) is 13.1 Å². The summed E-state index contributed by atoms with van der Waals surface area (Å²) in [6, 6.07) is 17.2. The molecule has 0 atom stereocenters. The molecule has 2 aromatic carbocycles. The highest BCUT2D eigenvalue weighted by Gasteiger charge is 2.10. The second-order valence-corrected chi connectivity index (χ2v) is 6.43. The van der Waals surface area contributed by atoms with Gasteiger partial charge in [-0.05, 0) is 42.3 Å². The first kappa shape index (κ1) is 19.4. The van der Waals surface area contributed by atoms with Gasteiger partial charge in [0.1, 0.15) is 11.5 Å². The number of nitrogens with one attached hydrogen (secondary N) is 2. The third kappa shape index (κ3) is 4.65. The Balaban J connectivity index is 1.62. The first-order valence-corrected chi connectivity index (χ1v) is 9.06. The van der Waals surface area contributed by atoms with E-state index in [-0.39, 0.29) is 6.03 Å². The second kappa shape index (κ2) is 8.99. The van der Waals surface area contributed by atoms with Gasteiger partial charge >= 0.3 is 6.03 Å². The van der Waals surface area contributed by atoms with Crippen LogP contribution in [0.4, 0.5) is 10.5 Å². The number of aromatic nitrogens is 1. The number of carbonyl (C=O) groups is 1. The quantitative estimate of drug-likeness (QED) is 0.647. The Kier molecular flexibility index (Phi) is 6.22. The molecule has 1 heterocycles. The Morgan fingerprint density at radius 1 is 1.04 bits per heavy atom. The van der Waals surface area contributed by atoms with Crippen LogP contribution in [0.2, 0.25) is 0 Å². The molecule has 1 aromatic heterocycles. The Hall–Kier alpha value is -3.41. The molecule has 0 aliphatic carbocycles. The summed E-state index contributed by atoms with van der Waals surface area (Å²) >= 11 is 0. The van der Waals surface area contributed by atoms with Crippen molar-refractivity contribution in [1.82, 2.24) is 9.88 Å². The molecule has 0 radical (unpaired) electrons. The number of hydrogen-bond donors (Lipinski definition) is 2. The summed E-state index contributed by atoms with van der Waals surface area (Å²) in [7, 11) is 3.14. The van der Waals surface area contributed by atoms with Gasteiger partial charge in [0, 0.05) is 24.5 Å². The molecule has 6 nitrogen and oxygen atoms in total. The summed E-state index contributed by atoms with van der Waals surface area (Å²) in [5, 5.41) is 5.71. The molecule has 0 saturated carbocycles. The van der Waals surface area contributed by atoms with Gasteiger partial charge in [-0.3, -0.25) is 0 Å². The normalized spacial score (nSPS) is 10.4. The smallest absolute Gasteiger partial charge is 0.319 e. The Bertz CT molecular complexity index is 950. The maximum absolute atomic E-state index is 12.3. The van der Waals surface area contributed by atoms with E-state index in [1.807, 2.05) is 30.5 Å². The van der Waals surface area contributed by atoms with Crippen LogP contribution in [0.1, 0.15) is 16.8 Å². The zero-order chi connectivity index (χ0) is 19.9. The predicted octanol–water partition coefficient (Wildman–Crippen LogP) is 4.18. The van der Waals surface area contributed by atoms with E-state index in [0.717, 1.165) is 12.2 Å². The van der Waals surface area contributed by atoms with E-state index in [2.05, 4.69) is 34.3 Å². The van der Waals surface area contributed by atoms with Crippen molar-refractivity contribution in [2.45, 2.75) is 20.0 Å². The van der Waals surface area contributed by atoms with E-state index >= 15 is 0 Å². The van der Waals surface area contributed by atoms with Gasteiger partial charge in [0.2, 0.25) is 0 Å². The Morgan fingerprint density at radius 2 is 1.86 bits per heavy atom. The van der Waals surface area contributed by atoms with Gasteiger partial charge in [-0.2, -0.15) is 0 Å². The standard InChI is InChI=1S/C22H25N3O3/c1-16-7-4-5-8-17(16)15-25-12-6-9-18(25)14-23-22(26)24-20-11-10-19(27-2)13-21(20)28-3/h4-13H,14-15H2,1-3H3,(H2,23,24,26). The maximum atomic E-state index is 12.3. The van der Waals surface area contributed by atoms with Gasteiger partial charge in [0.05, 0.1) is 26.5 Å². The van der Waals surface area contributed by atoms with Gasteiger partial charge in [0.25, 0.3) is 0 Å². The van der Waals surface area contributed by atoms with Gasteiger partial charge in [-0.1, -0.05) is 24.3 Å². The third-order valence-electron chi connectivity index (χ3n) is 4.61. The molecule has 0 unspecified atom stereocenters. The molecule has 0 bridgehead atoms. The fourth-order valence-electron chi connectivity index (χ4n) is 2.97. The van der Waals surface area contributed by atoms with E-state index < -0.39 is 0 Å². The number of aryl methyl sites for hydroxylation is 1. The summed E-state index contributed by atoms with van der Waals surface area (Å²) in [6.07, 6.45) is 2.02. The molecule has 2 N–H and O–H groups in total. The number of urea groups is 1. The van der Waals surface area contributed by atoms with Crippen LogP contribution in [0.5, 0.6) is 11.5 Å². The lowest BCUT2D eigenvalue weighted by Crippen LogP contribution is -2.29. The monoisotopic (exact) mass is 379 g/mol. The minimum Gasteiger partial charge on any atom is -0.497 e. The van der Waals surface area contributed by atoms with Crippen molar-refractivity contribution in [3.8, 4) is 11.5 Å². The van der Waals surface area contributed by atoms with Crippen molar-refractivity contribution in [2.75, 3.05) is 19.5 Å². The lowest BCUT2D eigenvalue weighted by atomic mass is 10.1. The van der Waals surface area contributed by atoms with Crippen molar-refractivity contribution >= 4 is 11.7 Å². The average molecular weight is 379 g/mol. The number of benzene rings is 2. The van der Waals surface area contributed by atoms with E-state index in [1.54, 1.807) is 32.4 Å². The van der Waals surface area contributed by atoms with Gasteiger partial charge < -0.3 is 24.7 Å². The first-order valence-electron chi connectivity index (χ1n) is 9.06. The summed E-state index contributed by atoms with van der Waals surface area (Å²) in [6.45, 7) is 3.29. The number of nitrogens with zero attached hydrogens (tertiary/aromatic N) is 1. The van der Waals surface area contributed by atoms with Crippen LogP contribution in [0.3, 0.4) is 0 Å². The zero-order valence-corrected chi connectivity index (χ0v) is 16.4. The van der Waals surface area contributed by atoms with Crippen LogP contribution in [-0.4, -0.2) is 24.8 Å². The predicted molar refractivity (Wildman–Crippen MR) is 110 cm³/mol. The van der Waals surface area contributed by atoms with Gasteiger partial charge in [-0.15, -0.1) is 0 Å². The highest BCUT2D eigenvalue weighted by atomic mass is 16.5. The molecule has 3 rings (SSSR count). The second-order valence-electron chi connectivity index (χ2n) is 6.43. The number of anilines is 1. The van der Waals surface area contributed by atoms with E-state index in [1.165, 1.54) is 11.1 Å². The molecule has 0 aliphatic rings. The molecule has 146 valence electrons. The van der Waals surface area contributed by atoms with Crippen LogP contribution in [0.25, 0.3) is 0 Å². The molecular weight excluding hydrogens is 354 g/mol. The van der Waals surface area contributed by atoms with E-state index in [4.69, 9.17) is 9.47 Å². The molecule has 28 heavy (non-hydrogen) atoms. The fourth-order valence-corrected chi connectivity index (χ4v) is 2.97. The van der Waals surface area contributed by atoms with Crippen molar-refractivity contribution < 1.29 is 14.3 Å². The van der Waals surface area contributed by atoms with Crippen molar-refractivity contribution in [3.63, 3.8) is 0 Å². The van der Waals surface area contributed by atoms with E-state index in [0.29, 0.717) is 23.7 Å². The highest BCUT2D eigenvalue weighted by molar-refractivity contribution is 5.91. The van der Waals surface area contributed by atoms with Crippen LogP contribution in [0, 0.1) is 6.92 Å². The molecular formula is C22H25N3O3. The summed E-state index contributed by atoms with van der Waals surface area (Å²) in [4.78, 5) is 12.3. The topological polar surface area (TPSA) is 64.5 Å². The van der Waals surface area contributed by atoms with E-state index in [9.17, 15) is 4.79 Å². The summed E-state index contributed by atoms with van der Waals surface area (Å²) < 4.78 is 12.6. The first-order chi connectivity index (χ1) is 13.6. The van der Waals surface area contributed by atoms with Crippen LogP contribution < -0.4 is 20.1 Å². The van der Waals surface area contributed by atoms with Crippen LogP contribution >= 0.6 is 0 Å². The van der Waals surface area contributed by atoms with Crippen molar-refractivity contribution in [2.24, 2.45) is 0 Å². The number of amides is 2. The van der Waals surface area contributed by atoms with Gasteiger partial charge in [-0.25, -0.2) is 4.79 Å². The third-order valence-corrected chi connectivity index (χ3v) is 4.61. The van der Waals surface area contributed by atoms with Crippen LogP contribution in [0.15, 0.2) is 60.8 Å². The van der Waals surface area contributed by atoms with Crippen molar-refractivity contribution in [1.29, 1.82) is 0 Å². The lowest BCUT2D eigenvalue weighted by Gasteiger charge is -2.14.